The van der Waals surface area contributed by atoms with Crippen LogP contribution in [0.2, 0.25) is 0 Å². The van der Waals surface area contributed by atoms with Crippen molar-refractivity contribution in [2.45, 2.75) is 38.1 Å². The van der Waals surface area contributed by atoms with Crippen molar-refractivity contribution in [1.29, 1.82) is 5.26 Å². The van der Waals surface area contributed by atoms with Crippen molar-refractivity contribution in [3.05, 3.63) is 65.2 Å². The van der Waals surface area contributed by atoms with E-state index in [1.165, 1.54) is 5.56 Å². The minimum atomic E-state index is -0.907. The van der Waals surface area contributed by atoms with Crippen LogP contribution in [0.3, 0.4) is 0 Å². The minimum Gasteiger partial charge on any atom is -0.489 e. The standard InChI is InChI=1S/C20H21FN2O/c1-15-4-2-3-5-16(15)14-24-19-8-6-17(7-9-19)20(10-11-22)12-18(21)13-23-20/h2-9,18,23H,10,12-14H2,1H3/t18-,20+/m0/s1. The Morgan fingerprint density at radius 2 is 2.00 bits per heavy atom. The molecule has 2 aromatic rings. The first-order valence-electron chi connectivity index (χ1n) is 8.17. The number of halogens is 1. The molecule has 3 nitrogen and oxygen atoms in total. The summed E-state index contributed by atoms with van der Waals surface area (Å²) >= 11 is 0. The van der Waals surface area contributed by atoms with Crippen molar-refractivity contribution in [1.82, 2.24) is 5.32 Å². The lowest BCUT2D eigenvalue weighted by molar-refractivity contribution is 0.304. The molecule has 24 heavy (non-hydrogen) atoms. The predicted molar refractivity (Wildman–Crippen MR) is 91.4 cm³/mol. The quantitative estimate of drug-likeness (QED) is 0.903. The van der Waals surface area contributed by atoms with E-state index in [1.54, 1.807) is 0 Å². The number of hydrogen-bond acceptors (Lipinski definition) is 3. The van der Waals surface area contributed by atoms with Gasteiger partial charge in [0.25, 0.3) is 0 Å². The lowest BCUT2D eigenvalue weighted by Gasteiger charge is -2.27. The zero-order valence-corrected chi connectivity index (χ0v) is 13.8. The number of nitrogens with one attached hydrogen (secondary N) is 1. The Hall–Kier alpha value is -2.38. The first-order valence-corrected chi connectivity index (χ1v) is 8.17. The van der Waals surface area contributed by atoms with Crippen molar-refractivity contribution in [2.24, 2.45) is 0 Å². The largest absolute Gasteiger partial charge is 0.489 e. The highest BCUT2D eigenvalue weighted by atomic mass is 19.1. The molecule has 1 aliphatic rings. The Morgan fingerprint density at radius 1 is 1.25 bits per heavy atom. The molecule has 1 aliphatic heterocycles. The van der Waals surface area contributed by atoms with Gasteiger partial charge in [-0.2, -0.15) is 5.26 Å². The van der Waals surface area contributed by atoms with Crippen LogP contribution < -0.4 is 10.1 Å². The molecule has 1 heterocycles. The zero-order valence-electron chi connectivity index (χ0n) is 13.8. The van der Waals surface area contributed by atoms with Crippen LogP contribution in [-0.2, 0) is 12.1 Å². The van der Waals surface area contributed by atoms with Gasteiger partial charge in [-0.3, -0.25) is 0 Å². The van der Waals surface area contributed by atoms with E-state index in [0.717, 1.165) is 16.9 Å². The van der Waals surface area contributed by atoms with Gasteiger partial charge in [-0.15, -0.1) is 0 Å². The van der Waals surface area contributed by atoms with E-state index in [4.69, 9.17) is 10.00 Å². The molecular formula is C20H21FN2O. The van der Waals surface area contributed by atoms with Crippen molar-refractivity contribution in [3.63, 3.8) is 0 Å². The highest BCUT2D eigenvalue weighted by molar-refractivity contribution is 5.34. The normalized spacial score (nSPS) is 23.0. The fourth-order valence-corrected chi connectivity index (χ4v) is 3.22. The molecule has 1 fully saturated rings. The maximum atomic E-state index is 13.7. The van der Waals surface area contributed by atoms with Crippen LogP contribution in [0.15, 0.2) is 48.5 Å². The highest BCUT2D eigenvalue weighted by Crippen LogP contribution is 2.36. The number of alkyl halides is 1. The second kappa shape index (κ2) is 7.02. The van der Waals surface area contributed by atoms with Gasteiger partial charge in [0.05, 0.1) is 18.0 Å². The summed E-state index contributed by atoms with van der Waals surface area (Å²) in [6.07, 6.45) is -0.309. The van der Waals surface area contributed by atoms with Crippen molar-refractivity contribution in [2.75, 3.05) is 6.54 Å². The van der Waals surface area contributed by atoms with E-state index in [-0.39, 0.29) is 6.42 Å². The van der Waals surface area contributed by atoms with E-state index in [9.17, 15) is 4.39 Å². The monoisotopic (exact) mass is 324 g/mol. The summed E-state index contributed by atoms with van der Waals surface area (Å²) in [4.78, 5) is 0. The van der Waals surface area contributed by atoms with Gasteiger partial charge in [0.1, 0.15) is 18.5 Å². The van der Waals surface area contributed by atoms with Crippen LogP contribution in [0.1, 0.15) is 29.5 Å². The van der Waals surface area contributed by atoms with Crippen LogP contribution in [-0.4, -0.2) is 12.7 Å². The zero-order chi connectivity index (χ0) is 17.0. The maximum Gasteiger partial charge on any atom is 0.119 e. The molecule has 2 atom stereocenters. The van der Waals surface area contributed by atoms with Gasteiger partial charge in [0, 0.05) is 13.0 Å². The smallest absolute Gasteiger partial charge is 0.119 e. The summed E-state index contributed by atoms with van der Waals surface area (Å²) in [5.74, 6) is 0.768. The molecule has 0 aromatic heterocycles. The Labute approximate surface area is 142 Å². The van der Waals surface area contributed by atoms with Crippen molar-refractivity contribution >= 4 is 0 Å². The summed E-state index contributed by atoms with van der Waals surface area (Å²) in [5.41, 5.74) is 2.71. The Kier molecular flexibility index (Phi) is 4.82. The number of ether oxygens (including phenoxy) is 1. The Morgan fingerprint density at radius 3 is 2.62 bits per heavy atom. The molecular weight excluding hydrogens is 303 g/mol. The maximum absolute atomic E-state index is 13.7. The third kappa shape index (κ3) is 3.42. The van der Waals surface area contributed by atoms with Crippen LogP contribution in [0.25, 0.3) is 0 Å². The summed E-state index contributed by atoms with van der Waals surface area (Å²) in [6.45, 7) is 2.87. The average Bonchev–Trinajstić information content (AvgIpc) is 2.97. The summed E-state index contributed by atoms with van der Waals surface area (Å²) in [5, 5.41) is 12.3. The lowest BCUT2D eigenvalue weighted by Crippen LogP contribution is -2.36. The van der Waals surface area contributed by atoms with Gasteiger partial charge in [-0.1, -0.05) is 36.4 Å². The molecule has 0 aliphatic carbocycles. The lowest BCUT2D eigenvalue weighted by atomic mass is 9.85. The van der Waals surface area contributed by atoms with E-state index in [1.807, 2.05) is 36.4 Å². The molecule has 4 heteroatoms. The number of hydrogen-bond donors (Lipinski definition) is 1. The van der Waals surface area contributed by atoms with Gasteiger partial charge in [-0.25, -0.2) is 4.39 Å². The molecule has 3 rings (SSSR count). The third-order valence-electron chi connectivity index (χ3n) is 4.68. The molecule has 0 spiro atoms. The number of nitrogens with zero attached hydrogens (tertiary/aromatic N) is 1. The van der Waals surface area contributed by atoms with Gasteiger partial charge >= 0.3 is 0 Å². The second-order valence-electron chi connectivity index (χ2n) is 6.34. The number of aryl methyl sites for hydroxylation is 1. The highest BCUT2D eigenvalue weighted by Gasteiger charge is 2.40. The summed E-state index contributed by atoms with van der Waals surface area (Å²) in [6, 6.07) is 17.9. The third-order valence-corrected chi connectivity index (χ3v) is 4.68. The van der Waals surface area contributed by atoms with Crippen LogP contribution >= 0.6 is 0 Å². The molecule has 1 saturated heterocycles. The molecule has 2 aromatic carbocycles. The fraction of sp³-hybridized carbons (Fsp3) is 0.350. The molecule has 0 amide bonds. The first kappa shape index (κ1) is 16.5. The van der Waals surface area contributed by atoms with Gasteiger partial charge in [0.15, 0.2) is 0 Å². The molecule has 1 N–H and O–H groups in total. The van der Waals surface area contributed by atoms with Gasteiger partial charge in [0.2, 0.25) is 0 Å². The average molecular weight is 324 g/mol. The molecule has 0 saturated carbocycles. The molecule has 0 bridgehead atoms. The van der Waals surface area contributed by atoms with Gasteiger partial charge in [-0.05, 0) is 35.7 Å². The molecule has 0 radical (unpaired) electrons. The van der Waals surface area contributed by atoms with Crippen molar-refractivity contribution < 1.29 is 9.13 Å². The second-order valence-corrected chi connectivity index (χ2v) is 6.34. The number of rotatable bonds is 5. The Bertz CT molecular complexity index is 738. The van der Waals surface area contributed by atoms with Crippen LogP contribution in [0.4, 0.5) is 4.39 Å². The number of benzene rings is 2. The topological polar surface area (TPSA) is 45.0 Å². The van der Waals surface area contributed by atoms with Crippen LogP contribution in [0.5, 0.6) is 5.75 Å². The van der Waals surface area contributed by atoms with Crippen LogP contribution in [0, 0.1) is 18.3 Å². The van der Waals surface area contributed by atoms with E-state index in [0.29, 0.717) is 19.6 Å². The molecule has 0 unspecified atom stereocenters. The van der Waals surface area contributed by atoms with E-state index >= 15 is 0 Å². The Balaban J connectivity index is 1.71. The SMILES string of the molecule is Cc1ccccc1COc1ccc([C@@]2(CC#N)C[C@H](F)CN2)cc1. The predicted octanol–water partition coefficient (Wildman–Crippen LogP) is 4.01. The first-order chi connectivity index (χ1) is 11.6. The number of nitriles is 1. The minimum absolute atomic E-state index is 0.261. The summed E-state index contributed by atoms with van der Waals surface area (Å²) in [7, 11) is 0. The fourth-order valence-electron chi connectivity index (χ4n) is 3.22. The van der Waals surface area contributed by atoms with E-state index < -0.39 is 11.7 Å². The molecule has 124 valence electrons. The van der Waals surface area contributed by atoms with E-state index in [2.05, 4.69) is 30.4 Å². The summed E-state index contributed by atoms with van der Waals surface area (Å²) < 4.78 is 19.5. The van der Waals surface area contributed by atoms with Crippen molar-refractivity contribution in [3.8, 4) is 11.8 Å². The van der Waals surface area contributed by atoms with Gasteiger partial charge < -0.3 is 10.1 Å².